The highest BCUT2D eigenvalue weighted by Crippen LogP contribution is 2.30. The van der Waals surface area contributed by atoms with E-state index in [4.69, 9.17) is 0 Å². The first kappa shape index (κ1) is 11.4. The van der Waals surface area contributed by atoms with Gasteiger partial charge in [-0.15, -0.1) is 6.58 Å². The Balaban J connectivity index is 4.25. The Kier molecular flexibility index (Phi) is 4.20. The second-order valence-corrected chi connectivity index (χ2v) is 2.29. The summed E-state index contributed by atoms with van der Waals surface area (Å²) in [5.41, 5.74) is 0. The van der Waals surface area contributed by atoms with Gasteiger partial charge in [-0.2, -0.15) is 0 Å². The van der Waals surface area contributed by atoms with Crippen LogP contribution in [0.15, 0.2) is 12.7 Å². The number of allylic oxidation sites excluding steroid dienone is 1. The molecule has 0 aromatic rings. The molecule has 0 nitrogen and oxygen atoms in total. The lowest BCUT2D eigenvalue weighted by Crippen LogP contribution is -2.40. The molecule has 0 spiro atoms. The van der Waals surface area contributed by atoms with E-state index in [1.54, 1.807) is 0 Å². The molecule has 0 aromatic heterocycles. The molecule has 0 aliphatic rings. The highest BCUT2D eigenvalue weighted by molar-refractivity contribution is 4.88. The van der Waals surface area contributed by atoms with Crippen LogP contribution in [0.1, 0.15) is 6.42 Å². The maximum Gasteiger partial charge on any atom is 0.312 e. The predicted molar refractivity (Wildman–Crippen MR) is 35.5 cm³/mol. The monoisotopic (exact) mass is 188 g/mol. The van der Waals surface area contributed by atoms with Crippen LogP contribution < -0.4 is 0 Å². The van der Waals surface area contributed by atoms with E-state index in [0.717, 1.165) is 6.08 Å². The molecular weight excluding hydrogens is 179 g/mol. The lowest BCUT2D eigenvalue weighted by molar-refractivity contribution is -0.130. The summed E-state index contributed by atoms with van der Waals surface area (Å²) in [6, 6.07) is 0. The van der Waals surface area contributed by atoms with Crippen molar-refractivity contribution in [2.75, 3.05) is 6.67 Å². The zero-order valence-corrected chi connectivity index (χ0v) is 6.24. The minimum Gasteiger partial charge on any atom is -0.248 e. The van der Waals surface area contributed by atoms with Crippen molar-refractivity contribution in [2.24, 2.45) is 0 Å². The molecule has 0 aliphatic heterocycles. The van der Waals surface area contributed by atoms with Gasteiger partial charge in [-0.1, -0.05) is 6.08 Å². The molecule has 0 aromatic carbocycles. The Morgan fingerprint density at radius 1 is 1.25 bits per heavy atom. The van der Waals surface area contributed by atoms with Gasteiger partial charge in [0.1, 0.15) is 6.67 Å². The fourth-order valence-corrected chi connectivity index (χ4v) is 0.603. The van der Waals surface area contributed by atoms with Gasteiger partial charge in [0.2, 0.25) is 0 Å². The van der Waals surface area contributed by atoms with E-state index in [0.29, 0.717) is 0 Å². The van der Waals surface area contributed by atoms with Gasteiger partial charge in [0.05, 0.1) is 0 Å². The molecule has 0 N–H and O–H groups in total. The molecule has 0 rings (SSSR count). The van der Waals surface area contributed by atoms with Crippen molar-refractivity contribution in [3.8, 4) is 0 Å². The fraction of sp³-hybridized carbons (Fsp3) is 0.714. The average Bonchev–Trinajstić information content (AvgIpc) is 2.03. The first-order valence-corrected chi connectivity index (χ1v) is 3.29. The summed E-state index contributed by atoms with van der Waals surface area (Å²) in [6.45, 7) is 1.13. The first-order chi connectivity index (χ1) is 5.46. The molecule has 5 heteroatoms. The summed E-state index contributed by atoms with van der Waals surface area (Å²) in [6.07, 6.45) is -5.58. The predicted octanol–water partition coefficient (Wildman–Crippen LogP) is 2.84. The second-order valence-electron chi connectivity index (χ2n) is 2.29. The molecule has 0 saturated carbocycles. The molecule has 12 heavy (non-hydrogen) atoms. The van der Waals surface area contributed by atoms with Gasteiger partial charge in [0.25, 0.3) is 0 Å². The first-order valence-electron chi connectivity index (χ1n) is 3.29. The minimum absolute atomic E-state index is 0.687. The number of rotatable bonds is 5. The lowest BCUT2D eigenvalue weighted by atomic mass is 10.1. The van der Waals surface area contributed by atoms with E-state index in [2.05, 4.69) is 6.58 Å². The van der Waals surface area contributed by atoms with Crippen LogP contribution in [0.5, 0.6) is 0 Å². The van der Waals surface area contributed by atoms with Gasteiger partial charge in [0, 0.05) is 6.42 Å². The Morgan fingerprint density at radius 2 is 1.75 bits per heavy atom. The molecule has 0 saturated heterocycles. The van der Waals surface area contributed by atoms with E-state index < -0.39 is 31.4 Å². The topological polar surface area (TPSA) is 0 Å². The Bertz CT molecular complexity index is 145. The Labute approximate surface area is 67.1 Å². The summed E-state index contributed by atoms with van der Waals surface area (Å²) in [7, 11) is 0. The average molecular weight is 188 g/mol. The van der Waals surface area contributed by atoms with Crippen LogP contribution in [0, 0.1) is 0 Å². The normalized spacial score (nSPS) is 17.1. The maximum atomic E-state index is 12.4. The van der Waals surface area contributed by atoms with Crippen molar-refractivity contribution in [3.05, 3.63) is 12.7 Å². The summed E-state index contributed by atoms with van der Waals surface area (Å²) in [4.78, 5) is 0. The highest BCUT2D eigenvalue weighted by Gasteiger charge is 2.47. The van der Waals surface area contributed by atoms with Crippen LogP contribution >= 0.6 is 0 Å². The van der Waals surface area contributed by atoms with E-state index in [-0.39, 0.29) is 0 Å². The third kappa shape index (κ3) is 2.46. The Morgan fingerprint density at radius 3 is 2.08 bits per heavy atom. The van der Waals surface area contributed by atoms with E-state index in [9.17, 15) is 22.0 Å². The van der Waals surface area contributed by atoms with Crippen LogP contribution in [0.2, 0.25) is 0 Å². The number of halogens is 5. The van der Waals surface area contributed by atoms with Crippen molar-refractivity contribution in [1.29, 1.82) is 0 Å². The minimum atomic E-state index is -4.26. The van der Waals surface area contributed by atoms with Crippen LogP contribution in [0.25, 0.3) is 0 Å². The third-order valence-electron chi connectivity index (χ3n) is 1.34. The standard InChI is InChI=1S/C7H9F5/c1-2-3-5(9)7(11,12)6(10)4-8/h2,5-6H,1,3-4H2. The fourth-order valence-electron chi connectivity index (χ4n) is 0.603. The molecule has 72 valence electrons. The van der Waals surface area contributed by atoms with Gasteiger partial charge < -0.3 is 0 Å². The summed E-state index contributed by atoms with van der Waals surface area (Å²) in [5.74, 6) is -4.26. The summed E-state index contributed by atoms with van der Waals surface area (Å²) < 4.78 is 60.6. The molecule has 2 atom stereocenters. The van der Waals surface area contributed by atoms with Crippen LogP contribution in [-0.4, -0.2) is 24.9 Å². The highest BCUT2D eigenvalue weighted by atomic mass is 19.3. The number of alkyl halides is 5. The smallest absolute Gasteiger partial charge is 0.248 e. The van der Waals surface area contributed by atoms with Gasteiger partial charge in [-0.3, -0.25) is 0 Å². The molecule has 0 bridgehead atoms. The molecule has 0 radical (unpaired) electrons. The molecule has 2 unspecified atom stereocenters. The van der Waals surface area contributed by atoms with Crippen LogP contribution in [0.4, 0.5) is 22.0 Å². The zero-order chi connectivity index (χ0) is 9.78. The van der Waals surface area contributed by atoms with Crippen molar-refractivity contribution in [3.63, 3.8) is 0 Å². The zero-order valence-electron chi connectivity index (χ0n) is 6.24. The van der Waals surface area contributed by atoms with E-state index in [1.807, 2.05) is 0 Å². The summed E-state index contributed by atoms with van der Waals surface area (Å²) >= 11 is 0. The second kappa shape index (κ2) is 4.42. The van der Waals surface area contributed by atoms with E-state index >= 15 is 0 Å². The Hall–Kier alpha value is -0.610. The van der Waals surface area contributed by atoms with Crippen molar-refractivity contribution in [1.82, 2.24) is 0 Å². The molecule has 0 fully saturated rings. The third-order valence-corrected chi connectivity index (χ3v) is 1.34. The molecule has 0 amide bonds. The molecular formula is C7H9F5. The van der Waals surface area contributed by atoms with Crippen molar-refractivity contribution < 1.29 is 22.0 Å². The number of hydrogen-bond donors (Lipinski definition) is 0. The van der Waals surface area contributed by atoms with Gasteiger partial charge in [0.15, 0.2) is 12.3 Å². The van der Waals surface area contributed by atoms with Crippen LogP contribution in [-0.2, 0) is 0 Å². The van der Waals surface area contributed by atoms with Crippen LogP contribution in [0.3, 0.4) is 0 Å². The number of hydrogen-bond acceptors (Lipinski definition) is 0. The van der Waals surface area contributed by atoms with Crippen molar-refractivity contribution in [2.45, 2.75) is 24.7 Å². The van der Waals surface area contributed by atoms with E-state index in [1.165, 1.54) is 0 Å². The maximum absolute atomic E-state index is 12.4. The van der Waals surface area contributed by atoms with Gasteiger partial charge in [-0.05, 0) is 0 Å². The SMILES string of the molecule is C=CCC(F)C(F)(F)C(F)CF. The van der Waals surface area contributed by atoms with Gasteiger partial charge in [-0.25, -0.2) is 22.0 Å². The molecule has 0 heterocycles. The molecule has 0 aliphatic carbocycles. The lowest BCUT2D eigenvalue weighted by Gasteiger charge is -2.21. The van der Waals surface area contributed by atoms with Crippen molar-refractivity contribution >= 4 is 0 Å². The summed E-state index contributed by atoms with van der Waals surface area (Å²) in [5, 5.41) is 0. The quantitative estimate of drug-likeness (QED) is 0.459. The van der Waals surface area contributed by atoms with Gasteiger partial charge >= 0.3 is 5.92 Å². The largest absolute Gasteiger partial charge is 0.312 e.